The van der Waals surface area contributed by atoms with Crippen LogP contribution in [0.5, 0.6) is 0 Å². The molecule has 2 rings (SSSR count). The Morgan fingerprint density at radius 3 is 2.94 bits per heavy atom. The molecule has 0 aliphatic rings. The predicted octanol–water partition coefficient (Wildman–Crippen LogP) is 1.65. The van der Waals surface area contributed by atoms with E-state index in [-0.39, 0.29) is 12.2 Å². The molecule has 16 heavy (non-hydrogen) atoms. The van der Waals surface area contributed by atoms with Crippen LogP contribution in [0.25, 0.3) is 0 Å². The lowest BCUT2D eigenvalue weighted by Gasteiger charge is -1.97. The molecule has 0 saturated carbocycles. The second kappa shape index (κ2) is 4.53. The molecule has 0 aliphatic heterocycles. The Balaban J connectivity index is 2.11. The maximum Gasteiger partial charge on any atom is 0.170 e. The normalized spacial score (nSPS) is 10.0. The van der Waals surface area contributed by atoms with Gasteiger partial charge in [-0.1, -0.05) is 6.07 Å². The zero-order valence-electron chi connectivity index (χ0n) is 8.51. The second-order valence-corrected chi connectivity index (χ2v) is 3.38. The van der Waals surface area contributed by atoms with E-state index >= 15 is 0 Å². The summed E-state index contributed by atoms with van der Waals surface area (Å²) < 4.78 is 0. The first-order valence-electron chi connectivity index (χ1n) is 4.86. The largest absolute Gasteiger partial charge is 0.358 e. The number of ketones is 1. The number of pyridine rings is 1. The van der Waals surface area contributed by atoms with Gasteiger partial charge in [0.25, 0.3) is 0 Å². The van der Waals surface area contributed by atoms with Crippen LogP contribution in [0.4, 0.5) is 0 Å². The van der Waals surface area contributed by atoms with Gasteiger partial charge in [0.15, 0.2) is 12.1 Å². The maximum absolute atomic E-state index is 11.8. The van der Waals surface area contributed by atoms with Crippen LogP contribution in [0.15, 0.2) is 36.7 Å². The van der Waals surface area contributed by atoms with Gasteiger partial charge in [-0.2, -0.15) is 0 Å². The Morgan fingerprint density at radius 1 is 1.44 bits per heavy atom. The summed E-state index contributed by atoms with van der Waals surface area (Å²) in [4.78, 5) is 29.0. The van der Waals surface area contributed by atoms with Gasteiger partial charge >= 0.3 is 0 Å². The van der Waals surface area contributed by atoms with E-state index in [0.717, 1.165) is 5.69 Å². The van der Waals surface area contributed by atoms with E-state index in [1.165, 1.54) is 12.3 Å². The lowest BCUT2D eigenvalue weighted by Crippen LogP contribution is -2.03. The smallest absolute Gasteiger partial charge is 0.170 e. The van der Waals surface area contributed by atoms with E-state index in [1.807, 2.05) is 6.07 Å². The molecule has 0 aromatic carbocycles. The van der Waals surface area contributed by atoms with Crippen molar-refractivity contribution < 1.29 is 9.59 Å². The molecule has 0 fully saturated rings. The Morgan fingerprint density at radius 2 is 2.31 bits per heavy atom. The highest BCUT2D eigenvalue weighted by Crippen LogP contribution is 2.06. The molecule has 0 saturated heterocycles. The highest BCUT2D eigenvalue weighted by molar-refractivity contribution is 5.98. The SMILES string of the molecule is O=Cc1cc(C(=O)Cc2ccccn2)c[nH]1. The molecule has 0 atom stereocenters. The molecular weight excluding hydrogens is 204 g/mol. The molecule has 2 aromatic rings. The number of rotatable bonds is 4. The third kappa shape index (κ3) is 2.23. The van der Waals surface area contributed by atoms with E-state index in [2.05, 4.69) is 9.97 Å². The van der Waals surface area contributed by atoms with E-state index in [0.29, 0.717) is 17.5 Å². The minimum Gasteiger partial charge on any atom is -0.358 e. The molecule has 1 N–H and O–H groups in total. The standard InChI is InChI=1S/C12H10N2O2/c15-8-11-5-9(7-14-11)12(16)6-10-3-1-2-4-13-10/h1-5,7-8,14H,6H2. The summed E-state index contributed by atoms with van der Waals surface area (Å²) in [5.41, 5.74) is 1.64. The lowest BCUT2D eigenvalue weighted by atomic mass is 10.1. The van der Waals surface area contributed by atoms with Crippen molar-refractivity contribution in [1.82, 2.24) is 9.97 Å². The number of hydrogen-bond donors (Lipinski definition) is 1. The number of aromatic nitrogens is 2. The van der Waals surface area contributed by atoms with Gasteiger partial charge in [-0.25, -0.2) is 0 Å². The number of nitrogens with zero attached hydrogens (tertiary/aromatic N) is 1. The fourth-order valence-electron chi connectivity index (χ4n) is 1.41. The van der Waals surface area contributed by atoms with Gasteiger partial charge < -0.3 is 4.98 Å². The van der Waals surface area contributed by atoms with Crippen molar-refractivity contribution >= 4 is 12.1 Å². The van der Waals surface area contributed by atoms with Gasteiger partial charge in [-0.3, -0.25) is 14.6 Å². The molecular formula is C12H10N2O2. The average molecular weight is 214 g/mol. The van der Waals surface area contributed by atoms with Crippen molar-refractivity contribution in [2.75, 3.05) is 0 Å². The van der Waals surface area contributed by atoms with Crippen molar-refractivity contribution in [2.45, 2.75) is 6.42 Å². The Labute approximate surface area is 92.3 Å². The summed E-state index contributed by atoms with van der Waals surface area (Å²) in [6.45, 7) is 0. The number of aromatic amines is 1. The van der Waals surface area contributed by atoms with Crippen molar-refractivity contribution in [1.29, 1.82) is 0 Å². The average Bonchev–Trinajstić information content (AvgIpc) is 2.79. The monoisotopic (exact) mass is 214 g/mol. The van der Waals surface area contributed by atoms with E-state index in [9.17, 15) is 9.59 Å². The number of Topliss-reactive ketones (excluding diaryl/α,β-unsaturated/α-hetero) is 1. The molecule has 0 unspecified atom stereocenters. The predicted molar refractivity (Wildman–Crippen MR) is 58.5 cm³/mol. The van der Waals surface area contributed by atoms with Crippen LogP contribution in [-0.4, -0.2) is 22.0 Å². The van der Waals surface area contributed by atoms with Gasteiger partial charge in [0.2, 0.25) is 0 Å². The molecule has 4 nitrogen and oxygen atoms in total. The molecule has 0 aliphatic carbocycles. The zero-order chi connectivity index (χ0) is 11.4. The van der Waals surface area contributed by atoms with E-state index < -0.39 is 0 Å². The molecule has 80 valence electrons. The topological polar surface area (TPSA) is 62.8 Å². The maximum atomic E-state index is 11.8. The Bertz CT molecular complexity index is 503. The number of H-pyrrole nitrogens is 1. The minimum atomic E-state index is -0.0527. The van der Waals surface area contributed by atoms with Gasteiger partial charge in [0.1, 0.15) is 0 Å². The fraction of sp³-hybridized carbons (Fsp3) is 0.0833. The molecule has 2 aromatic heterocycles. The van der Waals surface area contributed by atoms with E-state index in [4.69, 9.17) is 0 Å². The zero-order valence-corrected chi connectivity index (χ0v) is 8.51. The van der Waals surface area contributed by atoms with E-state index in [1.54, 1.807) is 18.3 Å². The van der Waals surface area contributed by atoms with Crippen LogP contribution < -0.4 is 0 Å². The van der Waals surface area contributed by atoms with Gasteiger partial charge in [-0.05, 0) is 18.2 Å². The summed E-state index contributed by atoms with van der Waals surface area (Å²) in [5, 5.41) is 0. The van der Waals surface area contributed by atoms with Gasteiger partial charge in [0.05, 0.1) is 12.1 Å². The molecule has 0 radical (unpaired) electrons. The highest BCUT2D eigenvalue weighted by atomic mass is 16.1. The summed E-state index contributed by atoms with van der Waals surface area (Å²) in [6, 6.07) is 6.97. The third-order valence-electron chi connectivity index (χ3n) is 2.22. The fourth-order valence-corrected chi connectivity index (χ4v) is 1.41. The number of carbonyl (C=O) groups excluding carboxylic acids is 2. The number of carbonyl (C=O) groups is 2. The first-order valence-corrected chi connectivity index (χ1v) is 4.86. The third-order valence-corrected chi connectivity index (χ3v) is 2.22. The van der Waals surface area contributed by atoms with Crippen molar-refractivity contribution in [3.05, 3.63) is 53.6 Å². The molecule has 0 amide bonds. The lowest BCUT2D eigenvalue weighted by molar-refractivity contribution is 0.0992. The van der Waals surface area contributed by atoms with Crippen LogP contribution in [0.1, 0.15) is 26.5 Å². The van der Waals surface area contributed by atoms with Crippen LogP contribution in [0.2, 0.25) is 0 Å². The Hall–Kier alpha value is -2.23. The molecule has 0 bridgehead atoms. The summed E-state index contributed by atoms with van der Waals surface area (Å²) in [5.74, 6) is -0.0527. The van der Waals surface area contributed by atoms with Crippen LogP contribution >= 0.6 is 0 Å². The van der Waals surface area contributed by atoms with Gasteiger partial charge in [0, 0.05) is 23.7 Å². The number of nitrogens with one attached hydrogen (secondary N) is 1. The van der Waals surface area contributed by atoms with Crippen LogP contribution in [0.3, 0.4) is 0 Å². The summed E-state index contributed by atoms with van der Waals surface area (Å²) in [7, 11) is 0. The first-order chi connectivity index (χ1) is 7.79. The molecule has 0 spiro atoms. The quantitative estimate of drug-likeness (QED) is 0.621. The Kier molecular flexibility index (Phi) is 2.91. The summed E-state index contributed by atoms with van der Waals surface area (Å²) in [6.07, 6.45) is 4.11. The van der Waals surface area contributed by atoms with Crippen LogP contribution in [0, 0.1) is 0 Å². The minimum absolute atomic E-state index is 0.0527. The van der Waals surface area contributed by atoms with Crippen molar-refractivity contribution in [3.63, 3.8) is 0 Å². The molecule has 4 heteroatoms. The second-order valence-electron chi connectivity index (χ2n) is 3.38. The number of hydrogen-bond acceptors (Lipinski definition) is 3. The molecule has 2 heterocycles. The van der Waals surface area contributed by atoms with Gasteiger partial charge in [-0.15, -0.1) is 0 Å². The number of aldehydes is 1. The highest BCUT2D eigenvalue weighted by Gasteiger charge is 2.09. The van der Waals surface area contributed by atoms with Crippen molar-refractivity contribution in [3.8, 4) is 0 Å². The summed E-state index contributed by atoms with van der Waals surface area (Å²) >= 11 is 0. The first kappa shape index (κ1) is 10.3. The van der Waals surface area contributed by atoms with Crippen LogP contribution in [-0.2, 0) is 6.42 Å². The van der Waals surface area contributed by atoms with Crippen molar-refractivity contribution in [2.24, 2.45) is 0 Å².